The Hall–Kier alpha value is -1.95. The van der Waals surface area contributed by atoms with Crippen LogP contribution in [-0.2, 0) is 0 Å². The molecule has 5 N–H and O–H groups in total. The van der Waals surface area contributed by atoms with Gasteiger partial charge in [-0.2, -0.15) is 0 Å². The molecule has 0 spiro atoms. The zero-order chi connectivity index (χ0) is 21.9. The fourth-order valence-corrected chi connectivity index (χ4v) is 4.43. The second kappa shape index (κ2) is 9.46. The largest absolute Gasteiger partial charge is 0.397 e. The Kier molecular flexibility index (Phi) is 7.17. The first-order valence-corrected chi connectivity index (χ1v) is 11.6. The molecule has 1 saturated heterocycles. The van der Waals surface area contributed by atoms with Gasteiger partial charge in [-0.25, -0.2) is 0 Å². The van der Waals surface area contributed by atoms with Crippen LogP contribution in [0.15, 0.2) is 12.1 Å². The molecule has 0 unspecified atom stereocenters. The van der Waals surface area contributed by atoms with Crippen LogP contribution in [0.25, 0.3) is 0 Å². The minimum absolute atomic E-state index is 0.0242. The second-order valence-corrected chi connectivity index (χ2v) is 10.2. The lowest BCUT2D eigenvalue weighted by Crippen LogP contribution is -2.39. The van der Waals surface area contributed by atoms with Crippen LogP contribution in [0.2, 0.25) is 0 Å². The van der Waals surface area contributed by atoms with E-state index in [-0.39, 0.29) is 11.9 Å². The Bertz CT molecular complexity index is 727. The number of aliphatic hydroxyl groups is 1. The van der Waals surface area contributed by atoms with E-state index in [1.54, 1.807) is 19.9 Å². The maximum absolute atomic E-state index is 13.2. The topological polar surface area (TPSA) is 90.6 Å². The number of hydrogen-bond acceptors (Lipinski definition) is 5. The van der Waals surface area contributed by atoms with E-state index in [9.17, 15) is 9.90 Å². The van der Waals surface area contributed by atoms with Crippen molar-refractivity contribution in [3.05, 3.63) is 17.7 Å². The highest BCUT2D eigenvalue weighted by molar-refractivity contribution is 6.02. The monoisotopic (exact) mass is 416 g/mol. The number of piperidine rings is 1. The molecule has 6 nitrogen and oxygen atoms in total. The molecule has 1 aromatic rings. The van der Waals surface area contributed by atoms with E-state index in [0.717, 1.165) is 56.1 Å². The fourth-order valence-electron chi connectivity index (χ4n) is 4.43. The Morgan fingerprint density at radius 1 is 1.10 bits per heavy atom. The maximum Gasteiger partial charge on any atom is 0.253 e. The van der Waals surface area contributed by atoms with Gasteiger partial charge in [-0.15, -0.1) is 0 Å². The van der Waals surface area contributed by atoms with Gasteiger partial charge >= 0.3 is 0 Å². The number of benzene rings is 1. The van der Waals surface area contributed by atoms with Gasteiger partial charge in [0.05, 0.1) is 28.2 Å². The van der Waals surface area contributed by atoms with Crippen LogP contribution in [0.1, 0.15) is 76.6 Å². The Morgan fingerprint density at radius 2 is 1.70 bits per heavy atom. The van der Waals surface area contributed by atoms with Gasteiger partial charge < -0.3 is 26.4 Å². The Balaban J connectivity index is 1.84. The van der Waals surface area contributed by atoms with Crippen molar-refractivity contribution in [2.24, 2.45) is 11.8 Å². The van der Waals surface area contributed by atoms with Gasteiger partial charge in [0.2, 0.25) is 0 Å². The number of carbonyl (C=O) groups excluding carboxylic acids is 1. The lowest BCUT2D eigenvalue weighted by Gasteiger charge is -2.34. The van der Waals surface area contributed by atoms with Crippen molar-refractivity contribution in [2.75, 3.05) is 35.6 Å². The average molecular weight is 417 g/mol. The van der Waals surface area contributed by atoms with E-state index in [2.05, 4.69) is 29.4 Å². The fraction of sp³-hybridized carbons (Fsp3) is 0.708. The molecule has 0 radical (unpaired) electrons. The molecule has 2 aliphatic rings. The van der Waals surface area contributed by atoms with Crippen molar-refractivity contribution in [2.45, 2.75) is 77.9 Å². The normalized spacial score (nSPS) is 23.3. The number of carbonyl (C=O) groups is 1. The summed E-state index contributed by atoms with van der Waals surface area (Å²) < 4.78 is 0. The summed E-state index contributed by atoms with van der Waals surface area (Å²) in [4.78, 5) is 15.6. The number of amides is 1. The van der Waals surface area contributed by atoms with Gasteiger partial charge in [-0.1, -0.05) is 13.8 Å². The summed E-state index contributed by atoms with van der Waals surface area (Å²) in [7, 11) is 0. The third kappa shape index (κ3) is 6.03. The van der Waals surface area contributed by atoms with E-state index in [1.807, 2.05) is 6.07 Å². The van der Waals surface area contributed by atoms with Crippen LogP contribution in [0.3, 0.4) is 0 Å². The molecule has 0 atom stereocenters. The molecule has 6 heteroatoms. The number of nitrogen functional groups attached to an aromatic ring is 1. The van der Waals surface area contributed by atoms with E-state index >= 15 is 0 Å². The number of nitrogens with zero attached hydrogens (tertiary/aromatic N) is 1. The summed E-state index contributed by atoms with van der Waals surface area (Å²) in [5.41, 5.74) is 8.38. The Labute approximate surface area is 181 Å². The molecule has 2 fully saturated rings. The summed E-state index contributed by atoms with van der Waals surface area (Å²) in [6.45, 7) is 10.4. The third-order valence-electron chi connectivity index (χ3n) is 6.60. The van der Waals surface area contributed by atoms with Crippen molar-refractivity contribution in [1.82, 2.24) is 5.32 Å². The van der Waals surface area contributed by atoms with Gasteiger partial charge in [-0.3, -0.25) is 4.79 Å². The lowest BCUT2D eigenvalue weighted by molar-refractivity contribution is 0.0920. The van der Waals surface area contributed by atoms with Crippen LogP contribution >= 0.6 is 0 Å². The molecular formula is C24H40N4O2. The molecule has 1 aliphatic carbocycles. The SMILES string of the molecule is CC1CCN(c2cc(NCC(C)(C)O)c(N)cc2C(=O)N[C@H]2CC[C@H](C)CC2)CC1. The summed E-state index contributed by atoms with van der Waals surface area (Å²) >= 11 is 0. The molecule has 1 aliphatic heterocycles. The van der Waals surface area contributed by atoms with Crippen molar-refractivity contribution in [3.8, 4) is 0 Å². The van der Waals surface area contributed by atoms with Crippen molar-refractivity contribution in [1.29, 1.82) is 0 Å². The first-order valence-electron chi connectivity index (χ1n) is 11.6. The Morgan fingerprint density at radius 3 is 2.30 bits per heavy atom. The second-order valence-electron chi connectivity index (χ2n) is 10.2. The standard InChI is InChI=1S/C24H40N4O2/c1-16-5-7-18(8-6-16)27-23(29)19-13-20(25)21(26-15-24(3,4)30)14-22(19)28-11-9-17(2)10-12-28/h13-14,16-18,26,30H,5-12,15,25H2,1-4H3,(H,27,29)/t16-,18-. The molecule has 0 aromatic heterocycles. The lowest BCUT2D eigenvalue weighted by atomic mass is 9.87. The molecule has 1 amide bonds. The molecule has 0 bridgehead atoms. The number of hydrogen-bond donors (Lipinski definition) is 4. The number of rotatable bonds is 6. The van der Waals surface area contributed by atoms with Crippen LogP contribution in [-0.4, -0.2) is 42.3 Å². The van der Waals surface area contributed by atoms with Crippen molar-refractivity contribution >= 4 is 23.0 Å². The average Bonchev–Trinajstić information content (AvgIpc) is 2.68. The molecule has 1 aromatic carbocycles. The van der Waals surface area contributed by atoms with E-state index in [1.165, 1.54) is 12.8 Å². The molecule has 3 rings (SSSR count). The first-order chi connectivity index (χ1) is 14.1. The highest BCUT2D eigenvalue weighted by Gasteiger charge is 2.26. The minimum Gasteiger partial charge on any atom is -0.397 e. The van der Waals surface area contributed by atoms with E-state index in [0.29, 0.717) is 23.7 Å². The summed E-state index contributed by atoms with van der Waals surface area (Å²) in [6.07, 6.45) is 6.68. The van der Waals surface area contributed by atoms with Gasteiger partial charge in [0.25, 0.3) is 5.91 Å². The number of nitrogens with one attached hydrogen (secondary N) is 2. The highest BCUT2D eigenvalue weighted by atomic mass is 16.3. The highest BCUT2D eigenvalue weighted by Crippen LogP contribution is 2.34. The van der Waals surface area contributed by atoms with Crippen LogP contribution in [0.4, 0.5) is 17.1 Å². The summed E-state index contributed by atoms with van der Waals surface area (Å²) in [5, 5.41) is 16.6. The van der Waals surface area contributed by atoms with Crippen molar-refractivity contribution in [3.63, 3.8) is 0 Å². The quantitative estimate of drug-likeness (QED) is 0.526. The zero-order valence-electron chi connectivity index (χ0n) is 19.1. The third-order valence-corrected chi connectivity index (χ3v) is 6.60. The molecule has 1 saturated carbocycles. The van der Waals surface area contributed by atoms with Gasteiger partial charge in [0, 0.05) is 25.7 Å². The first kappa shape index (κ1) is 22.7. The van der Waals surface area contributed by atoms with Crippen molar-refractivity contribution < 1.29 is 9.90 Å². The number of anilines is 3. The van der Waals surface area contributed by atoms with Gasteiger partial charge in [0.1, 0.15) is 0 Å². The van der Waals surface area contributed by atoms with E-state index < -0.39 is 5.60 Å². The van der Waals surface area contributed by atoms with E-state index in [4.69, 9.17) is 5.73 Å². The predicted molar refractivity (Wildman–Crippen MR) is 125 cm³/mol. The zero-order valence-corrected chi connectivity index (χ0v) is 19.1. The van der Waals surface area contributed by atoms with Crippen LogP contribution in [0.5, 0.6) is 0 Å². The van der Waals surface area contributed by atoms with Crippen LogP contribution < -0.4 is 21.3 Å². The minimum atomic E-state index is -0.846. The predicted octanol–water partition coefficient (Wildman–Crippen LogP) is 4.00. The summed E-state index contributed by atoms with van der Waals surface area (Å²) in [6, 6.07) is 4.05. The number of nitrogens with two attached hydrogens (primary N) is 1. The summed E-state index contributed by atoms with van der Waals surface area (Å²) in [5.74, 6) is 1.44. The molecule has 1 heterocycles. The molecular weight excluding hydrogens is 376 g/mol. The smallest absolute Gasteiger partial charge is 0.253 e. The van der Waals surface area contributed by atoms with Gasteiger partial charge in [-0.05, 0) is 76.3 Å². The van der Waals surface area contributed by atoms with Crippen LogP contribution in [0, 0.1) is 11.8 Å². The molecule has 168 valence electrons. The maximum atomic E-state index is 13.2. The molecule has 30 heavy (non-hydrogen) atoms. The van der Waals surface area contributed by atoms with Gasteiger partial charge in [0.15, 0.2) is 0 Å².